The van der Waals surface area contributed by atoms with Crippen LogP contribution in [0.2, 0.25) is 0 Å². The van der Waals surface area contributed by atoms with Gasteiger partial charge in [-0.05, 0) is 37.8 Å². The molecular weight excluding hydrogens is 338 g/mol. The highest BCUT2D eigenvalue weighted by Crippen LogP contribution is 2.57. The van der Waals surface area contributed by atoms with Crippen LogP contribution in [-0.4, -0.2) is 36.3 Å². The molecule has 2 aliphatic carbocycles. The highest BCUT2D eigenvalue weighted by atomic mass is 16.6. The summed E-state index contributed by atoms with van der Waals surface area (Å²) >= 11 is 0. The van der Waals surface area contributed by atoms with E-state index in [0.717, 1.165) is 6.42 Å². The molecule has 7 heteroatoms. The molecule has 3 aliphatic rings. The molecule has 3 fully saturated rings. The lowest BCUT2D eigenvalue weighted by Crippen LogP contribution is -2.34. The van der Waals surface area contributed by atoms with Gasteiger partial charge in [0.15, 0.2) is 12.4 Å². The zero-order valence-corrected chi connectivity index (χ0v) is 14.3. The molecular formula is C19H19NO6. The molecule has 0 unspecified atom stereocenters. The van der Waals surface area contributed by atoms with E-state index < -0.39 is 30.3 Å². The summed E-state index contributed by atoms with van der Waals surface area (Å²) in [6, 6.07) is 6.53. The number of carbonyl (C=O) groups excluding carboxylic acids is 4. The average Bonchev–Trinajstić information content (AvgIpc) is 3.22. The number of hydrogen-bond donors (Lipinski definition) is 1. The zero-order chi connectivity index (χ0) is 18.4. The average molecular weight is 357 g/mol. The van der Waals surface area contributed by atoms with Crippen molar-refractivity contribution in [1.82, 2.24) is 0 Å². The Hall–Kier alpha value is -2.70. The minimum absolute atomic E-state index is 0.0431. The van der Waals surface area contributed by atoms with Gasteiger partial charge in [-0.2, -0.15) is 0 Å². The van der Waals surface area contributed by atoms with E-state index in [1.807, 2.05) is 0 Å². The third-order valence-electron chi connectivity index (χ3n) is 5.65. The molecule has 2 bridgehead atoms. The first kappa shape index (κ1) is 16.8. The number of anilines is 1. The fourth-order valence-electron chi connectivity index (χ4n) is 4.57. The van der Waals surface area contributed by atoms with Crippen molar-refractivity contribution in [3.05, 3.63) is 29.8 Å². The van der Waals surface area contributed by atoms with Gasteiger partial charge in [0.1, 0.15) is 6.10 Å². The maximum atomic E-state index is 12.4. The lowest BCUT2D eigenvalue weighted by molar-refractivity contribution is -0.157. The van der Waals surface area contributed by atoms with Crippen LogP contribution < -0.4 is 5.32 Å². The summed E-state index contributed by atoms with van der Waals surface area (Å²) in [5.74, 6) is -2.11. The van der Waals surface area contributed by atoms with E-state index in [-0.39, 0.29) is 29.7 Å². The molecule has 1 aromatic rings. The monoisotopic (exact) mass is 357 g/mol. The molecule has 1 aliphatic heterocycles. The number of hydrogen-bond acceptors (Lipinski definition) is 6. The van der Waals surface area contributed by atoms with E-state index >= 15 is 0 Å². The summed E-state index contributed by atoms with van der Waals surface area (Å²) < 4.78 is 10.5. The Labute approximate surface area is 150 Å². The fraction of sp³-hybridized carbons (Fsp3) is 0.474. The van der Waals surface area contributed by atoms with Crippen LogP contribution in [0, 0.1) is 23.7 Å². The Morgan fingerprint density at radius 1 is 1.27 bits per heavy atom. The number of Topliss-reactive ketones (excluding diaryl/α,β-unsaturated/α-hetero) is 1. The molecule has 1 saturated heterocycles. The Bertz CT molecular complexity index is 801. The number of ketones is 1. The molecule has 0 spiro atoms. The van der Waals surface area contributed by atoms with Crippen molar-refractivity contribution in [3.8, 4) is 0 Å². The summed E-state index contributed by atoms with van der Waals surface area (Å²) in [6.07, 6.45) is 1.47. The number of fused-ring (bicyclic) bond motifs is 1. The molecule has 7 nitrogen and oxygen atoms in total. The molecule has 4 rings (SSSR count). The Morgan fingerprint density at radius 2 is 2.08 bits per heavy atom. The minimum Gasteiger partial charge on any atom is -0.462 e. The van der Waals surface area contributed by atoms with Crippen LogP contribution in [0.3, 0.4) is 0 Å². The van der Waals surface area contributed by atoms with Gasteiger partial charge in [0.05, 0.1) is 11.8 Å². The predicted molar refractivity (Wildman–Crippen MR) is 89.1 cm³/mol. The molecule has 1 heterocycles. The number of rotatable bonds is 5. The molecule has 1 amide bonds. The predicted octanol–water partition coefficient (Wildman–Crippen LogP) is 1.57. The first-order valence-corrected chi connectivity index (χ1v) is 8.72. The molecule has 136 valence electrons. The molecule has 2 saturated carbocycles. The number of amides is 1. The third-order valence-corrected chi connectivity index (χ3v) is 5.65. The van der Waals surface area contributed by atoms with E-state index in [1.54, 1.807) is 24.3 Å². The van der Waals surface area contributed by atoms with E-state index in [0.29, 0.717) is 17.7 Å². The second-order valence-corrected chi connectivity index (χ2v) is 7.22. The van der Waals surface area contributed by atoms with Gasteiger partial charge in [-0.25, -0.2) is 0 Å². The molecule has 1 aromatic carbocycles. The first-order chi connectivity index (χ1) is 12.4. The van der Waals surface area contributed by atoms with Gasteiger partial charge >= 0.3 is 11.9 Å². The quantitative estimate of drug-likeness (QED) is 0.634. The van der Waals surface area contributed by atoms with Crippen LogP contribution in [0.1, 0.15) is 30.1 Å². The number of nitrogens with one attached hydrogen (secondary N) is 1. The van der Waals surface area contributed by atoms with Crippen LogP contribution in [0.4, 0.5) is 5.69 Å². The second kappa shape index (κ2) is 6.23. The van der Waals surface area contributed by atoms with Crippen LogP contribution in [-0.2, 0) is 23.9 Å². The lowest BCUT2D eigenvalue weighted by Gasteiger charge is -2.22. The van der Waals surface area contributed by atoms with Gasteiger partial charge in [0.25, 0.3) is 5.91 Å². The molecule has 0 radical (unpaired) electrons. The van der Waals surface area contributed by atoms with Crippen molar-refractivity contribution in [3.63, 3.8) is 0 Å². The summed E-state index contributed by atoms with van der Waals surface area (Å²) in [7, 11) is 0. The number of esters is 2. The van der Waals surface area contributed by atoms with Gasteiger partial charge in [-0.1, -0.05) is 12.1 Å². The topological polar surface area (TPSA) is 98.8 Å². The van der Waals surface area contributed by atoms with E-state index in [4.69, 9.17) is 9.47 Å². The first-order valence-electron chi connectivity index (χ1n) is 8.72. The van der Waals surface area contributed by atoms with Crippen molar-refractivity contribution in [2.24, 2.45) is 23.7 Å². The summed E-state index contributed by atoms with van der Waals surface area (Å²) in [5, 5.41) is 2.60. The van der Waals surface area contributed by atoms with E-state index in [2.05, 4.69) is 5.32 Å². The highest BCUT2D eigenvalue weighted by Gasteiger charge is 2.64. The Morgan fingerprint density at radius 3 is 2.85 bits per heavy atom. The van der Waals surface area contributed by atoms with Gasteiger partial charge in [-0.3, -0.25) is 19.2 Å². The molecule has 1 N–H and O–H groups in total. The van der Waals surface area contributed by atoms with Crippen LogP contribution in [0.15, 0.2) is 24.3 Å². The standard InChI is InChI=1S/C19H19NO6/c1-9(21)10-3-2-4-12(5-10)20-15(22)8-25-18(23)16-11-6-13-14(7-11)26-19(24)17(13)16/h2-5,11,13-14,16-17H,6-8H2,1H3,(H,20,22)/t11-,13+,14-,16-,17+/m1/s1. The normalized spacial score (nSPS) is 30.8. The SMILES string of the molecule is CC(=O)c1cccc(NC(=O)COC(=O)[C@@H]2[C@@H]3C[C@@H]4[C@@H]2C(=O)O[C@@H]4C3)c1. The summed E-state index contributed by atoms with van der Waals surface area (Å²) in [5.41, 5.74) is 0.942. The third kappa shape index (κ3) is 2.77. The van der Waals surface area contributed by atoms with Crippen molar-refractivity contribution >= 4 is 29.3 Å². The van der Waals surface area contributed by atoms with Crippen LogP contribution in [0.25, 0.3) is 0 Å². The largest absolute Gasteiger partial charge is 0.462 e. The summed E-state index contributed by atoms with van der Waals surface area (Å²) in [6.45, 7) is 1.01. The van der Waals surface area contributed by atoms with Crippen molar-refractivity contribution < 1.29 is 28.7 Å². The van der Waals surface area contributed by atoms with Crippen LogP contribution in [0.5, 0.6) is 0 Å². The van der Waals surface area contributed by atoms with E-state index in [1.165, 1.54) is 6.92 Å². The Kier molecular flexibility index (Phi) is 4.01. The second-order valence-electron chi connectivity index (χ2n) is 7.22. The zero-order valence-electron chi connectivity index (χ0n) is 14.3. The maximum Gasteiger partial charge on any atom is 0.310 e. The summed E-state index contributed by atoms with van der Waals surface area (Å²) in [4.78, 5) is 47.8. The van der Waals surface area contributed by atoms with Gasteiger partial charge in [0, 0.05) is 17.2 Å². The molecule has 26 heavy (non-hydrogen) atoms. The highest BCUT2D eigenvalue weighted by molar-refractivity contribution is 5.97. The smallest absolute Gasteiger partial charge is 0.310 e. The van der Waals surface area contributed by atoms with Crippen molar-refractivity contribution in [1.29, 1.82) is 0 Å². The van der Waals surface area contributed by atoms with E-state index in [9.17, 15) is 19.2 Å². The van der Waals surface area contributed by atoms with Crippen molar-refractivity contribution in [2.75, 3.05) is 11.9 Å². The molecule has 5 atom stereocenters. The fourth-order valence-corrected chi connectivity index (χ4v) is 4.57. The minimum atomic E-state index is -0.507. The maximum absolute atomic E-state index is 12.4. The Balaban J connectivity index is 1.34. The molecule has 0 aromatic heterocycles. The van der Waals surface area contributed by atoms with Gasteiger partial charge in [0.2, 0.25) is 0 Å². The van der Waals surface area contributed by atoms with Crippen molar-refractivity contribution in [2.45, 2.75) is 25.9 Å². The van der Waals surface area contributed by atoms with Gasteiger partial charge < -0.3 is 14.8 Å². The number of carbonyl (C=O) groups is 4. The van der Waals surface area contributed by atoms with Crippen LogP contribution >= 0.6 is 0 Å². The number of ether oxygens (including phenoxy) is 2. The van der Waals surface area contributed by atoms with Gasteiger partial charge in [-0.15, -0.1) is 0 Å². The number of benzene rings is 1. The lowest BCUT2D eigenvalue weighted by atomic mass is 9.80.